The van der Waals surface area contributed by atoms with Crippen LogP contribution in [0.3, 0.4) is 0 Å². The molecule has 0 atom stereocenters. The van der Waals surface area contributed by atoms with Crippen LogP contribution in [0, 0.1) is 0 Å². The Morgan fingerprint density at radius 1 is 1.40 bits per heavy atom. The summed E-state index contributed by atoms with van der Waals surface area (Å²) in [4.78, 5) is 1.03. The first-order valence-corrected chi connectivity index (χ1v) is 6.35. The van der Waals surface area contributed by atoms with E-state index in [0.29, 0.717) is 10.8 Å². The number of hydrogen-bond acceptors (Lipinski definition) is 5. The second-order valence-electron chi connectivity index (χ2n) is 2.80. The van der Waals surface area contributed by atoms with Gasteiger partial charge in [-0.2, -0.15) is 0 Å². The summed E-state index contributed by atoms with van der Waals surface area (Å²) >= 11 is 8.84. The van der Waals surface area contributed by atoms with Crippen molar-refractivity contribution in [1.29, 1.82) is 0 Å². The van der Waals surface area contributed by atoms with Crippen LogP contribution < -0.4 is 5.73 Å². The van der Waals surface area contributed by atoms with Gasteiger partial charge >= 0.3 is 0 Å². The monoisotopic (exact) mass is 257 g/mol. The van der Waals surface area contributed by atoms with Gasteiger partial charge in [0.05, 0.1) is 5.02 Å². The molecule has 1 aromatic carbocycles. The number of hydrogen-bond donors (Lipinski definition) is 1. The third-order valence-corrected chi connectivity index (χ3v) is 3.91. The Morgan fingerprint density at radius 2 is 2.20 bits per heavy atom. The molecule has 0 fully saturated rings. The van der Waals surface area contributed by atoms with Crippen LogP contribution >= 0.6 is 34.9 Å². The molecule has 0 aliphatic rings. The second-order valence-corrected chi connectivity index (χ2v) is 5.01. The van der Waals surface area contributed by atoms with Gasteiger partial charge in [0.25, 0.3) is 0 Å². The van der Waals surface area contributed by atoms with Gasteiger partial charge in [-0.05, 0) is 12.1 Å². The standard InChI is InChI=1S/C9H8ClN3S2/c10-6-3-1-2-4-8(6)14-5-7-9(11)15-13-12-7/h1-4H,5,11H2. The largest absolute Gasteiger partial charge is 0.388 e. The Morgan fingerprint density at radius 3 is 2.87 bits per heavy atom. The summed E-state index contributed by atoms with van der Waals surface area (Å²) in [6.45, 7) is 0. The summed E-state index contributed by atoms with van der Waals surface area (Å²) in [6.07, 6.45) is 0. The number of rotatable bonds is 3. The molecule has 0 bridgehead atoms. The summed E-state index contributed by atoms with van der Waals surface area (Å²) in [5.74, 6) is 0.700. The van der Waals surface area contributed by atoms with E-state index in [4.69, 9.17) is 17.3 Å². The average Bonchev–Trinajstić information content (AvgIpc) is 2.63. The highest BCUT2D eigenvalue weighted by Crippen LogP contribution is 2.30. The zero-order valence-corrected chi connectivity index (χ0v) is 10.1. The van der Waals surface area contributed by atoms with Crippen molar-refractivity contribution in [1.82, 2.24) is 9.59 Å². The molecule has 0 radical (unpaired) electrons. The Kier molecular flexibility index (Phi) is 3.45. The minimum absolute atomic E-state index is 0.676. The number of halogens is 1. The number of aromatic nitrogens is 2. The van der Waals surface area contributed by atoms with E-state index in [1.54, 1.807) is 11.8 Å². The molecule has 2 rings (SSSR count). The van der Waals surface area contributed by atoms with Crippen LogP contribution in [0.1, 0.15) is 5.69 Å². The van der Waals surface area contributed by atoms with E-state index >= 15 is 0 Å². The van der Waals surface area contributed by atoms with Gasteiger partial charge in [0.2, 0.25) is 0 Å². The van der Waals surface area contributed by atoms with Gasteiger partial charge < -0.3 is 5.73 Å². The molecule has 2 N–H and O–H groups in total. The minimum atomic E-state index is 0.676. The fourth-order valence-corrected chi connectivity index (χ4v) is 2.75. The SMILES string of the molecule is Nc1snnc1CSc1ccccc1Cl. The van der Waals surface area contributed by atoms with Gasteiger partial charge in [-0.3, -0.25) is 0 Å². The highest BCUT2D eigenvalue weighted by molar-refractivity contribution is 7.98. The maximum absolute atomic E-state index is 6.02. The maximum atomic E-state index is 6.02. The van der Waals surface area contributed by atoms with Gasteiger partial charge in [0.1, 0.15) is 10.7 Å². The van der Waals surface area contributed by atoms with Crippen LogP contribution in [0.2, 0.25) is 5.02 Å². The first kappa shape index (κ1) is 10.7. The van der Waals surface area contributed by atoms with E-state index in [1.807, 2.05) is 24.3 Å². The van der Waals surface area contributed by atoms with Crippen molar-refractivity contribution in [2.75, 3.05) is 5.73 Å². The smallest absolute Gasteiger partial charge is 0.131 e. The lowest BCUT2D eigenvalue weighted by atomic mass is 10.4. The van der Waals surface area contributed by atoms with Crippen molar-refractivity contribution in [3.63, 3.8) is 0 Å². The fraction of sp³-hybridized carbons (Fsp3) is 0.111. The normalized spacial score (nSPS) is 10.5. The van der Waals surface area contributed by atoms with E-state index in [-0.39, 0.29) is 0 Å². The van der Waals surface area contributed by atoms with Crippen LogP contribution in [0.25, 0.3) is 0 Å². The topological polar surface area (TPSA) is 51.8 Å². The van der Waals surface area contributed by atoms with Crippen molar-refractivity contribution < 1.29 is 0 Å². The fourth-order valence-electron chi connectivity index (χ4n) is 1.02. The molecule has 1 heterocycles. The van der Waals surface area contributed by atoms with Crippen molar-refractivity contribution in [3.8, 4) is 0 Å². The lowest BCUT2D eigenvalue weighted by Gasteiger charge is -2.01. The van der Waals surface area contributed by atoms with Crippen LogP contribution in [-0.2, 0) is 5.75 Å². The van der Waals surface area contributed by atoms with Gasteiger partial charge in [-0.1, -0.05) is 28.2 Å². The molecule has 0 spiro atoms. The molecule has 0 aliphatic heterocycles. The molecule has 0 saturated carbocycles. The summed E-state index contributed by atoms with van der Waals surface area (Å²) in [5.41, 5.74) is 6.51. The Balaban J connectivity index is 2.06. The summed E-state index contributed by atoms with van der Waals surface area (Å²) < 4.78 is 3.78. The third-order valence-electron chi connectivity index (χ3n) is 1.79. The molecular formula is C9H8ClN3S2. The molecule has 3 nitrogen and oxygen atoms in total. The quantitative estimate of drug-likeness (QED) is 0.859. The van der Waals surface area contributed by atoms with Crippen molar-refractivity contribution in [2.24, 2.45) is 0 Å². The van der Waals surface area contributed by atoms with Crippen LogP contribution in [-0.4, -0.2) is 9.59 Å². The predicted molar refractivity (Wildman–Crippen MR) is 65.3 cm³/mol. The third kappa shape index (κ3) is 2.62. The second kappa shape index (κ2) is 4.83. The van der Waals surface area contributed by atoms with Crippen molar-refractivity contribution in [2.45, 2.75) is 10.6 Å². The molecule has 6 heteroatoms. The maximum Gasteiger partial charge on any atom is 0.131 e. The zero-order chi connectivity index (χ0) is 10.7. The molecule has 15 heavy (non-hydrogen) atoms. The highest BCUT2D eigenvalue weighted by atomic mass is 35.5. The van der Waals surface area contributed by atoms with Gasteiger partial charge in [0.15, 0.2) is 0 Å². The first-order chi connectivity index (χ1) is 7.27. The van der Waals surface area contributed by atoms with Crippen LogP contribution in [0.5, 0.6) is 0 Å². The Bertz CT molecular complexity index is 458. The van der Waals surface area contributed by atoms with Gasteiger partial charge in [0, 0.05) is 22.2 Å². The van der Waals surface area contributed by atoms with Crippen LogP contribution in [0.4, 0.5) is 5.00 Å². The van der Waals surface area contributed by atoms with E-state index in [2.05, 4.69) is 9.59 Å². The minimum Gasteiger partial charge on any atom is -0.388 e. The van der Waals surface area contributed by atoms with Gasteiger partial charge in [-0.25, -0.2) is 0 Å². The highest BCUT2D eigenvalue weighted by Gasteiger charge is 2.06. The van der Waals surface area contributed by atoms with Crippen molar-refractivity contribution >= 4 is 39.9 Å². The lowest BCUT2D eigenvalue weighted by molar-refractivity contribution is 1.08. The predicted octanol–water partition coefficient (Wildman–Crippen LogP) is 3.07. The molecule has 2 aromatic rings. The Labute approximate surface area is 101 Å². The molecule has 0 saturated heterocycles. The average molecular weight is 258 g/mol. The molecular weight excluding hydrogens is 250 g/mol. The number of anilines is 1. The van der Waals surface area contributed by atoms with Gasteiger partial charge in [-0.15, -0.1) is 16.9 Å². The van der Waals surface area contributed by atoms with Crippen LogP contribution in [0.15, 0.2) is 29.2 Å². The molecule has 1 aromatic heterocycles. The Hall–Kier alpha value is -0.780. The summed E-state index contributed by atoms with van der Waals surface area (Å²) in [5, 5.41) is 5.37. The zero-order valence-electron chi connectivity index (χ0n) is 7.68. The first-order valence-electron chi connectivity index (χ1n) is 4.21. The molecule has 0 aliphatic carbocycles. The number of thioether (sulfide) groups is 1. The van der Waals surface area contributed by atoms with Crippen molar-refractivity contribution in [3.05, 3.63) is 35.0 Å². The summed E-state index contributed by atoms with van der Waals surface area (Å²) in [7, 11) is 0. The molecule has 0 unspecified atom stereocenters. The summed E-state index contributed by atoms with van der Waals surface area (Å²) in [6, 6.07) is 7.71. The number of nitrogen functional groups attached to an aromatic ring is 1. The van der Waals surface area contributed by atoms with E-state index in [9.17, 15) is 0 Å². The number of benzene rings is 1. The number of nitrogens with two attached hydrogens (primary N) is 1. The number of nitrogens with zero attached hydrogens (tertiary/aromatic N) is 2. The van der Waals surface area contributed by atoms with E-state index < -0.39 is 0 Å². The molecule has 0 amide bonds. The van der Waals surface area contributed by atoms with E-state index in [0.717, 1.165) is 15.6 Å². The molecule has 78 valence electrons. The lowest BCUT2D eigenvalue weighted by Crippen LogP contribution is -1.88. The van der Waals surface area contributed by atoms with E-state index in [1.165, 1.54) is 11.5 Å².